The molecule has 1 N–H and O–H groups in total. The molecule has 0 aliphatic heterocycles. The molecule has 2 aromatic carbocycles. The van der Waals surface area contributed by atoms with Crippen LogP contribution >= 0.6 is 11.6 Å². The fraction of sp³-hybridized carbons (Fsp3) is 0.211. The van der Waals surface area contributed by atoms with E-state index in [9.17, 15) is 14.4 Å². The Bertz CT molecular complexity index is 782. The Morgan fingerprint density at radius 1 is 0.958 bits per heavy atom. The third-order valence-electron chi connectivity index (χ3n) is 3.66. The van der Waals surface area contributed by atoms with Crippen molar-refractivity contribution in [3.8, 4) is 0 Å². The summed E-state index contributed by atoms with van der Waals surface area (Å²) >= 11 is 5.78. The molecule has 0 unspecified atom stereocenters. The van der Waals surface area contributed by atoms with Gasteiger partial charge in [0.2, 0.25) is 5.91 Å². The molecule has 0 fully saturated rings. The van der Waals surface area contributed by atoms with Crippen LogP contribution in [0.4, 0.5) is 5.69 Å². The molecule has 0 bridgehead atoms. The molecule has 0 spiro atoms. The topological polar surface area (TPSA) is 63.2 Å². The Morgan fingerprint density at radius 2 is 1.58 bits per heavy atom. The van der Waals surface area contributed by atoms with Crippen molar-refractivity contribution in [3.63, 3.8) is 0 Å². The lowest BCUT2D eigenvalue weighted by Gasteiger charge is -2.09. The summed E-state index contributed by atoms with van der Waals surface area (Å²) in [5, 5.41) is 3.32. The predicted octanol–water partition coefficient (Wildman–Crippen LogP) is 4.45. The van der Waals surface area contributed by atoms with Crippen LogP contribution in [-0.2, 0) is 4.79 Å². The van der Waals surface area contributed by atoms with Crippen molar-refractivity contribution in [2.75, 3.05) is 5.32 Å². The van der Waals surface area contributed by atoms with Crippen molar-refractivity contribution in [3.05, 3.63) is 64.2 Å². The summed E-state index contributed by atoms with van der Waals surface area (Å²) in [5.41, 5.74) is 2.51. The highest BCUT2D eigenvalue weighted by atomic mass is 35.5. The number of amides is 1. The first kappa shape index (κ1) is 17.9. The Balaban J connectivity index is 1.96. The third kappa shape index (κ3) is 4.77. The average molecular weight is 344 g/mol. The highest BCUT2D eigenvalue weighted by molar-refractivity contribution is 6.30. The van der Waals surface area contributed by atoms with Crippen molar-refractivity contribution in [2.45, 2.75) is 26.7 Å². The molecule has 24 heavy (non-hydrogen) atoms. The van der Waals surface area contributed by atoms with Crippen LogP contribution in [0.1, 0.15) is 46.0 Å². The monoisotopic (exact) mass is 343 g/mol. The molecular weight excluding hydrogens is 326 g/mol. The summed E-state index contributed by atoms with van der Waals surface area (Å²) < 4.78 is 0. The van der Waals surface area contributed by atoms with E-state index in [2.05, 4.69) is 5.32 Å². The minimum atomic E-state index is -0.263. The Kier molecular flexibility index (Phi) is 5.88. The number of rotatable bonds is 6. The van der Waals surface area contributed by atoms with E-state index in [-0.39, 0.29) is 30.3 Å². The second kappa shape index (κ2) is 7.88. The first-order valence-electron chi connectivity index (χ1n) is 7.57. The molecule has 0 saturated heterocycles. The van der Waals surface area contributed by atoms with Gasteiger partial charge in [0.05, 0.1) is 0 Å². The zero-order chi connectivity index (χ0) is 17.7. The van der Waals surface area contributed by atoms with E-state index >= 15 is 0 Å². The molecule has 0 aliphatic carbocycles. The van der Waals surface area contributed by atoms with Gasteiger partial charge in [-0.3, -0.25) is 14.4 Å². The van der Waals surface area contributed by atoms with Gasteiger partial charge in [-0.05, 0) is 49.7 Å². The van der Waals surface area contributed by atoms with Crippen molar-refractivity contribution in [2.24, 2.45) is 0 Å². The van der Waals surface area contributed by atoms with Gasteiger partial charge in [-0.25, -0.2) is 0 Å². The molecule has 2 aromatic rings. The van der Waals surface area contributed by atoms with Gasteiger partial charge in [-0.15, -0.1) is 0 Å². The number of carbonyl (C=O) groups excluding carboxylic acids is 3. The van der Waals surface area contributed by atoms with E-state index in [1.54, 1.807) is 42.5 Å². The first-order chi connectivity index (χ1) is 11.4. The van der Waals surface area contributed by atoms with Gasteiger partial charge >= 0.3 is 0 Å². The van der Waals surface area contributed by atoms with E-state index in [1.165, 1.54) is 6.92 Å². The lowest BCUT2D eigenvalue weighted by atomic mass is 10.1. The van der Waals surface area contributed by atoms with Gasteiger partial charge in [0.25, 0.3) is 0 Å². The molecule has 2 rings (SSSR count). The maximum absolute atomic E-state index is 12.1. The van der Waals surface area contributed by atoms with E-state index in [4.69, 9.17) is 11.6 Å². The fourth-order valence-electron chi connectivity index (χ4n) is 2.20. The third-order valence-corrected chi connectivity index (χ3v) is 3.92. The van der Waals surface area contributed by atoms with Crippen LogP contribution in [0.3, 0.4) is 0 Å². The minimum Gasteiger partial charge on any atom is -0.326 e. The number of carbonyl (C=O) groups is 3. The second-order valence-corrected chi connectivity index (χ2v) is 6.00. The SMILES string of the molecule is CC(=O)c1ccc(C)c(NC(=O)CCC(=O)c2ccc(Cl)cc2)c1. The molecule has 124 valence electrons. The lowest BCUT2D eigenvalue weighted by Crippen LogP contribution is -2.14. The average Bonchev–Trinajstić information content (AvgIpc) is 2.55. The summed E-state index contributed by atoms with van der Waals surface area (Å²) in [6.45, 7) is 3.32. The lowest BCUT2D eigenvalue weighted by molar-refractivity contribution is -0.116. The quantitative estimate of drug-likeness (QED) is 0.788. The number of Topliss-reactive ketones (excluding diaryl/α,β-unsaturated/α-hetero) is 2. The van der Waals surface area contributed by atoms with Crippen LogP contribution in [0.25, 0.3) is 0 Å². The Labute approximate surface area is 145 Å². The van der Waals surface area contributed by atoms with Gasteiger partial charge in [-0.1, -0.05) is 23.7 Å². The van der Waals surface area contributed by atoms with Crippen LogP contribution < -0.4 is 5.32 Å². The minimum absolute atomic E-state index is 0.0663. The summed E-state index contributed by atoms with van der Waals surface area (Å²) in [6.07, 6.45) is 0.185. The van der Waals surface area contributed by atoms with Crippen molar-refractivity contribution in [1.29, 1.82) is 0 Å². The number of benzene rings is 2. The number of nitrogens with one attached hydrogen (secondary N) is 1. The van der Waals surface area contributed by atoms with E-state index in [0.717, 1.165) is 5.56 Å². The largest absolute Gasteiger partial charge is 0.326 e. The van der Waals surface area contributed by atoms with Crippen molar-refractivity contribution >= 4 is 34.8 Å². The fourth-order valence-corrected chi connectivity index (χ4v) is 2.32. The van der Waals surface area contributed by atoms with Gasteiger partial charge in [-0.2, -0.15) is 0 Å². The standard InChI is InChI=1S/C19H18ClNO3/c1-12-3-4-15(13(2)22)11-17(12)21-19(24)10-9-18(23)14-5-7-16(20)8-6-14/h3-8,11H,9-10H2,1-2H3,(H,21,24). The van der Waals surface area contributed by atoms with Crippen LogP contribution in [0.2, 0.25) is 5.02 Å². The van der Waals surface area contributed by atoms with E-state index < -0.39 is 0 Å². The van der Waals surface area contributed by atoms with Gasteiger partial charge in [0, 0.05) is 34.7 Å². The molecule has 1 amide bonds. The molecule has 4 nitrogen and oxygen atoms in total. The smallest absolute Gasteiger partial charge is 0.224 e. The first-order valence-corrected chi connectivity index (χ1v) is 7.95. The summed E-state index contributed by atoms with van der Waals surface area (Å²) in [7, 11) is 0. The second-order valence-electron chi connectivity index (χ2n) is 5.56. The van der Waals surface area contributed by atoms with Crippen LogP contribution in [0.15, 0.2) is 42.5 Å². The van der Waals surface area contributed by atoms with Crippen LogP contribution in [0.5, 0.6) is 0 Å². The molecule has 0 heterocycles. The molecule has 5 heteroatoms. The molecule has 0 aliphatic rings. The zero-order valence-electron chi connectivity index (χ0n) is 13.6. The summed E-state index contributed by atoms with van der Waals surface area (Å²) in [6, 6.07) is 11.7. The van der Waals surface area contributed by atoms with Crippen molar-refractivity contribution < 1.29 is 14.4 Å². The van der Waals surface area contributed by atoms with E-state index in [1.807, 2.05) is 6.92 Å². The van der Waals surface area contributed by atoms with Crippen molar-refractivity contribution in [1.82, 2.24) is 0 Å². The number of aryl methyl sites for hydroxylation is 1. The van der Waals surface area contributed by atoms with E-state index in [0.29, 0.717) is 21.8 Å². The maximum atomic E-state index is 12.1. The number of anilines is 1. The summed E-state index contributed by atoms with van der Waals surface area (Å²) in [5.74, 6) is -0.444. The van der Waals surface area contributed by atoms with Crippen LogP contribution in [0, 0.1) is 6.92 Å². The highest BCUT2D eigenvalue weighted by Crippen LogP contribution is 2.18. The van der Waals surface area contributed by atoms with Gasteiger partial charge in [0.15, 0.2) is 11.6 Å². The number of hydrogen-bond donors (Lipinski definition) is 1. The number of halogens is 1. The molecule has 0 atom stereocenters. The molecule has 0 radical (unpaired) electrons. The molecule has 0 aromatic heterocycles. The van der Waals surface area contributed by atoms with Crippen LogP contribution in [-0.4, -0.2) is 17.5 Å². The normalized spacial score (nSPS) is 10.3. The Morgan fingerprint density at radius 3 is 2.21 bits per heavy atom. The summed E-state index contributed by atoms with van der Waals surface area (Å²) in [4.78, 5) is 35.5. The predicted molar refractivity (Wildman–Crippen MR) is 94.8 cm³/mol. The molecule has 0 saturated carbocycles. The number of ketones is 2. The maximum Gasteiger partial charge on any atom is 0.224 e. The molecular formula is C19H18ClNO3. The number of hydrogen-bond acceptors (Lipinski definition) is 3. The van der Waals surface area contributed by atoms with Gasteiger partial charge in [0.1, 0.15) is 0 Å². The Hall–Kier alpha value is -2.46. The highest BCUT2D eigenvalue weighted by Gasteiger charge is 2.11. The van der Waals surface area contributed by atoms with Gasteiger partial charge < -0.3 is 5.32 Å². The zero-order valence-corrected chi connectivity index (χ0v) is 14.3.